The minimum atomic E-state index is -3.52. The van der Waals surface area contributed by atoms with Crippen LogP contribution < -0.4 is 10.0 Å². The average Bonchev–Trinajstić information content (AvgIpc) is 3.38. The molecule has 0 aromatic heterocycles. The zero-order chi connectivity index (χ0) is 21.1. The highest BCUT2D eigenvalue weighted by Gasteiger charge is 2.29. The number of hydrogen-bond acceptors (Lipinski definition) is 4. The molecule has 1 saturated carbocycles. The molecule has 30 heavy (non-hydrogen) atoms. The molecule has 0 radical (unpaired) electrons. The van der Waals surface area contributed by atoms with Gasteiger partial charge in [0.05, 0.1) is 10.9 Å². The van der Waals surface area contributed by atoms with Gasteiger partial charge in [0.25, 0.3) is 0 Å². The third-order valence-electron chi connectivity index (χ3n) is 7.15. The first-order valence-electron chi connectivity index (χ1n) is 11.6. The molecule has 4 rings (SSSR count). The van der Waals surface area contributed by atoms with E-state index in [1.165, 1.54) is 0 Å². The van der Waals surface area contributed by atoms with Gasteiger partial charge < -0.3 is 10.2 Å². The molecule has 1 atom stereocenters. The van der Waals surface area contributed by atoms with E-state index in [0.29, 0.717) is 17.2 Å². The lowest BCUT2D eigenvalue weighted by Gasteiger charge is -2.30. The molecule has 166 valence electrons. The summed E-state index contributed by atoms with van der Waals surface area (Å²) >= 11 is 0. The highest BCUT2D eigenvalue weighted by molar-refractivity contribution is 7.89. The Balaban J connectivity index is 1.38. The molecule has 1 aliphatic heterocycles. The fraction of sp³-hybridized carbons (Fsp3) is 0.696. The summed E-state index contributed by atoms with van der Waals surface area (Å²) in [6, 6.07) is 5.39. The van der Waals surface area contributed by atoms with Crippen molar-refractivity contribution in [3.8, 4) is 0 Å². The number of piperidine rings is 1. The van der Waals surface area contributed by atoms with Gasteiger partial charge in [0.1, 0.15) is 0 Å². The molecule has 0 spiro atoms. The molecule has 1 aromatic carbocycles. The Hall–Kier alpha value is -1.44. The van der Waals surface area contributed by atoms with Gasteiger partial charge in [-0.15, -0.1) is 0 Å². The van der Waals surface area contributed by atoms with Crippen molar-refractivity contribution in [1.29, 1.82) is 0 Å². The summed E-state index contributed by atoms with van der Waals surface area (Å²) in [7, 11) is -3.52. The van der Waals surface area contributed by atoms with Crippen LogP contribution in [-0.4, -0.2) is 44.9 Å². The van der Waals surface area contributed by atoms with Crippen molar-refractivity contribution in [2.45, 2.75) is 81.7 Å². The van der Waals surface area contributed by atoms with Crippen LogP contribution in [0.4, 0.5) is 0 Å². The first kappa shape index (κ1) is 21.8. The number of nitrogens with zero attached hydrogens (tertiary/aromatic N) is 1. The number of carbonyl (C=O) groups is 1. The largest absolute Gasteiger partial charge is 0.349 e. The van der Waals surface area contributed by atoms with Crippen molar-refractivity contribution < 1.29 is 13.2 Å². The SMILES string of the molecule is CCN1CCC(CC(=O)NC2CCc3ccc(S(=O)(=O)NC4CCCC4)cc32)CC1. The fourth-order valence-corrected chi connectivity index (χ4v) is 6.59. The molecule has 1 amide bonds. The number of aryl methyl sites for hydroxylation is 1. The molecule has 2 aliphatic carbocycles. The summed E-state index contributed by atoms with van der Waals surface area (Å²) in [6.45, 7) is 5.42. The molecule has 6 nitrogen and oxygen atoms in total. The minimum Gasteiger partial charge on any atom is -0.349 e. The first-order valence-corrected chi connectivity index (χ1v) is 13.1. The highest BCUT2D eigenvalue weighted by atomic mass is 32.2. The van der Waals surface area contributed by atoms with Crippen molar-refractivity contribution in [2.24, 2.45) is 5.92 Å². The second-order valence-electron chi connectivity index (χ2n) is 9.20. The van der Waals surface area contributed by atoms with Crippen LogP contribution in [0.15, 0.2) is 23.1 Å². The summed E-state index contributed by atoms with van der Waals surface area (Å²) < 4.78 is 28.5. The van der Waals surface area contributed by atoms with E-state index in [-0.39, 0.29) is 18.0 Å². The number of nitrogens with one attached hydrogen (secondary N) is 2. The smallest absolute Gasteiger partial charge is 0.240 e. The van der Waals surface area contributed by atoms with Gasteiger partial charge in [-0.25, -0.2) is 13.1 Å². The first-order chi connectivity index (χ1) is 14.4. The third kappa shape index (κ3) is 5.06. The number of hydrogen-bond donors (Lipinski definition) is 2. The van der Waals surface area contributed by atoms with Gasteiger partial charge in [0.15, 0.2) is 0 Å². The van der Waals surface area contributed by atoms with Gasteiger partial charge >= 0.3 is 0 Å². The lowest BCUT2D eigenvalue weighted by molar-refractivity contribution is -0.123. The van der Waals surface area contributed by atoms with Crippen molar-refractivity contribution >= 4 is 15.9 Å². The molecule has 3 aliphatic rings. The Morgan fingerprint density at radius 1 is 1.10 bits per heavy atom. The maximum atomic E-state index is 12.8. The molecule has 0 bridgehead atoms. The topological polar surface area (TPSA) is 78.5 Å². The Morgan fingerprint density at radius 2 is 1.83 bits per heavy atom. The quantitative estimate of drug-likeness (QED) is 0.692. The zero-order valence-corrected chi connectivity index (χ0v) is 18.8. The van der Waals surface area contributed by atoms with E-state index in [2.05, 4.69) is 21.9 Å². The van der Waals surface area contributed by atoms with Crippen molar-refractivity contribution in [3.05, 3.63) is 29.3 Å². The molecule has 2 fully saturated rings. The van der Waals surface area contributed by atoms with E-state index in [1.807, 2.05) is 6.07 Å². The van der Waals surface area contributed by atoms with E-state index in [9.17, 15) is 13.2 Å². The Kier molecular flexibility index (Phi) is 6.80. The summed E-state index contributed by atoms with van der Waals surface area (Å²) in [6.07, 6.45) is 8.46. The van der Waals surface area contributed by atoms with Crippen LogP contribution in [0.25, 0.3) is 0 Å². The molecule has 1 saturated heterocycles. The predicted molar refractivity (Wildman–Crippen MR) is 118 cm³/mol. The van der Waals surface area contributed by atoms with Crippen molar-refractivity contribution in [1.82, 2.24) is 14.9 Å². The Morgan fingerprint density at radius 3 is 2.53 bits per heavy atom. The monoisotopic (exact) mass is 433 g/mol. The highest BCUT2D eigenvalue weighted by Crippen LogP contribution is 2.33. The lowest BCUT2D eigenvalue weighted by atomic mass is 9.93. The number of sulfonamides is 1. The van der Waals surface area contributed by atoms with Gasteiger partial charge in [-0.3, -0.25) is 4.79 Å². The molecular formula is C23H35N3O3S. The average molecular weight is 434 g/mol. The maximum absolute atomic E-state index is 12.8. The van der Waals surface area contributed by atoms with Crippen LogP contribution in [-0.2, 0) is 21.2 Å². The zero-order valence-electron chi connectivity index (χ0n) is 18.0. The third-order valence-corrected chi connectivity index (χ3v) is 8.66. The van der Waals surface area contributed by atoms with E-state index in [0.717, 1.165) is 82.1 Å². The fourth-order valence-electron chi connectivity index (χ4n) is 5.25. The van der Waals surface area contributed by atoms with Crippen LogP contribution in [0.3, 0.4) is 0 Å². The molecule has 2 N–H and O–H groups in total. The van der Waals surface area contributed by atoms with Crippen LogP contribution in [0.1, 0.15) is 75.5 Å². The molecule has 1 aromatic rings. The second-order valence-corrected chi connectivity index (χ2v) is 10.9. The van der Waals surface area contributed by atoms with Crippen molar-refractivity contribution in [2.75, 3.05) is 19.6 Å². The number of amides is 1. The van der Waals surface area contributed by atoms with Gasteiger partial charge in [-0.2, -0.15) is 0 Å². The second kappa shape index (κ2) is 9.37. The van der Waals surface area contributed by atoms with E-state index in [1.54, 1.807) is 12.1 Å². The van der Waals surface area contributed by atoms with Crippen LogP contribution in [0, 0.1) is 5.92 Å². The van der Waals surface area contributed by atoms with Gasteiger partial charge in [0.2, 0.25) is 15.9 Å². The van der Waals surface area contributed by atoms with E-state index in [4.69, 9.17) is 0 Å². The standard InChI is InChI=1S/C23H35N3O3S/c1-2-26-13-11-17(12-14-26)15-23(27)24-22-10-8-18-7-9-20(16-21(18)22)30(28,29)25-19-5-3-4-6-19/h7,9,16-17,19,22,25H,2-6,8,10-15H2,1H3,(H,24,27). The van der Waals surface area contributed by atoms with Gasteiger partial charge in [-0.05, 0) is 87.3 Å². The molecule has 1 heterocycles. The summed E-state index contributed by atoms with van der Waals surface area (Å²) in [4.78, 5) is 15.4. The molecule has 7 heteroatoms. The summed E-state index contributed by atoms with van der Waals surface area (Å²) in [5.74, 6) is 0.552. The predicted octanol–water partition coefficient (Wildman–Crippen LogP) is 3.13. The van der Waals surface area contributed by atoms with E-state index >= 15 is 0 Å². The summed E-state index contributed by atoms with van der Waals surface area (Å²) in [5, 5.41) is 3.19. The number of benzene rings is 1. The Labute approximate surface area is 180 Å². The molecular weight excluding hydrogens is 398 g/mol. The summed E-state index contributed by atoms with van der Waals surface area (Å²) in [5.41, 5.74) is 2.12. The Bertz CT molecular complexity index is 856. The van der Waals surface area contributed by atoms with E-state index < -0.39 is 10.0 Å². The lowest BCUT2D eigenvalue weighted by Crippen LogP contribution is -2.36. The molecule has 1 unspecified atom stereocenters. The normalized spacial score (nSPS) is 23.6. The van der Waals surface area contributed by atoms with Gasteiger partial charge in [0, 0.05) is 12.5 Å². The van der Waals surface area contributed by atoms with Crippen LogP contribution in [0.2, 0.25) is 0 Å². The number of fused-ring (bicyclic) bond motifs is 1. The van der Waals surface area contributed by atoms with Crippen LogP contribution >= 0.6 is 0 Å². The number of rotatable bonds is 7. The number of carbonyl (C=O) groups excluding carboxylic acids is 1. The number of likely N-dealkylation sites (tertiary alicyclic amines) is 1. The maximum Gasteiger partial charge on any atom is 0.240 e. The minimum absolute atomic E-state index is 0.0536. The van der Waals surface area contributed by atoms with Crippen molar-refractivity contribution in [3.63, 3.8) is 0 Å². The van der Waals surface area contributed by atoms with Crippen LogP contribution in [0.5, 0.6) is 0 Å². The van der Waals surface area contributed by atoms with Gasteiger partial charge in [-0.1, -0.05) is 25.8 Å².